The first-order chi connectivity index (χ1) is 9.54. The van der Waals surface area contributed by atoms with E-state index in [4.69, 9.17) is 9.84 Å². The predicted octanol–water partition coefficient (Wildman–Crippen LogP) is 1.45. The van der Waals surface area contributed by atoms with Crippen molar-refractivity contribution in [2.45, 2.75) is 6.42 Å². The topological polar surface area (TPSA) is 70.1 Å². The molecule has 0 bridgehead atoms. The van der Waals surface area contributed by atoms with Gasteiger partial charge in [-0.1, -0.05) is 0 Å². The molecule has 1 aliphatic heterocycles. The average molecular weight is 278 g/mol. The summed E-state index contributed by atoms with van der Waals surface area (Å²) in [5.74, 6) is -0.949. The molecular formula is C14H18N2O4. The van der Waals surface area contributed by atoms with Crippen molar-refractivity contribution in [2.24, 2.45) is 0 Å². The summed E-state index contributed by atoms with van der Waals surface area (Å²) in [7, 11) is 3.32. The van der Waals surface area contributed by atoms with E-state index < -0.39 is 5.97 Å². The Hall–Kier alpha value is -2.08. The molecule has 0 atom stereocenters. The Kier molecular flexibility index (Phi) is 4.24. The number of hydrogen-bond acceptors (Lipinski definition) is 3. The monoisotopic (exact) mass is 278 g/mol. The maximum atomic E-state index is 12.3. The molecule has 0 spiro atoms. The first kappa shape index (κ1) is 14.3. The number of carboxylic acid groups (broad SMARTS) is 1. The number of anilines is 1. The number of carbonyl (C=O) groups excluding carboxylic acids is 1. The molecule has 2 rings (SSSR count). The first-order valence-electron chi connectivity index (χ1n) is 6.42. The minimum Gasteiger partial charge on any atom is -0.478 e. The molecular weight excluding hydrogens is 260 g/mol. The summed E-state index contributed by atoms with van der Waals surface area (Å²) in [4.78, 5) is 26.5. The Balaban J connectivity index is 2.15. The van der Waals surface area contributed by atoms with Gasteiger partial charge in [0.05, 0.1) is 12.2 Å². The fourth-order valence-corrected chi connectivity index (χ4v) is 2.26. The summed E-state index contributed by atoms with van der Waals surface area (Å²) in [6.07, 6.45) is 0.681. The van der Waals surface area contributed by atoms with Crippen LogP contribution < -0.4 is 4.90 Å². The van der Waals surface area contributed by atoms with Crippen LogP contribution in [0.3, 0.4) is 0 Å². The van der Waals surface area contributed by atoms with Crippen LogP contribution in [0.25, 0.3) is 0 Å². The number of likely N-dealkylation sites (N-methyl/N-ethyl adjacent to an activating group) is 1. The number of amides is 2. The first-order valence-corrected chi connectivity index (χ1v) is 6.42. The van der Waals surface area contributed by atoms with E-state index in [1.807, 2.05) is 0 Å². The molecule has 0 radical (unpaired) electrons. The Morgan fingerprint density at radius 1 is 1.45 bits per heavy atom. The van der Waals surface area contributed by atoms with Crippen molar-refractivity contribution in [1.82, 2.24) is 4.90 Å². The zero-order valence-corrected chi connectivity index (χ0v) is 11.6. The van der Waals surface area contributed by atoms with Crippen LogP contribution in [0.4, 0.5) is 10.5 Å². The minimum atomic E-state index is -0.949. The van der Waals surface area contributed by atoms with Gasteiger partial charge in [0.1, 0.15) is 0 Å². The number of hydrogen-bond donors (Lipinski definition) is 1. The van der Waals surface area contributed by atoms with Crippen molar-refractivity contribution in [3.63, 3.8) is 0 Å². The third kappa shape index (κ3) is 2.75. The molecule has 1 heterocycles. The highest BCUT2D eigenvalue weighted by atomic mass is 16.5. The van der Waals surface area contributed by atoms with Crippen molar-refractivity contribution in [2.75, 3.05) is 38.8 Å². The number of carbonyl (C=O) groups is 2. The summed E-state index contributed by atoms with van der Waals surface area (Å²) in [6, 6.07) is 4.78. The van der Waals surface area contributed by atoms with Crippen LogP contribution in [0.1, 0.15) is 15.9 Å². The third-order valence-electron chi connectivity index (χ3n) is 3.41. The highest BCUT2D eigenvalue weighted by Gasteiger charge is 2.27. The summed E-state index contributed by atoms with van der Waals surface area (Å²) in [6.45, 7) is 1.59. The number of nitrogens with zero attached hydrogens (tertiary/aromatic N) is 2. The smallest absolute Gasteiger partial charge is 0.335 e. The molecule has 6 heteroatoms. The maximum Gasteiger partial charge on any atom is 0.335 e. The van der Waals surface area contributed by atoms with Gasteiger partial charge in [0.25, 0.3) is 0 Å². The van der Waals surface area contributed by atoms with Crippen LogP contribution in [-0.4, -0.2) is 55.9 Å². The molecule has 0 aromatic heterocycles. The van der Waals surface area contributed by atoms with E-state index in [0.717, 1.165) is 11.3 Å². The van der Waals surface area contributed by atoms with Crippen LogP contribution in [-0.2, 0) is 11.2 Å². The van der Waals surface area contributed by atoms with Crippen LogP contribution in [0.5, 0.6) is 0 Å². The van der Waals surface area contributed by atoms with E-state index in [1.54, 1.807) is 36.1 Å². The average Bonchev–Trinajstić information content (AvgIpc) is 2.86. The number of urea groups is 1. The van der Waals surface area contributed by atoms with Gasteiger partial charge in [0, 0.05) is 32.9 Å². The molecule has 1 aromatic carbocycles. The van der Waals surface area contributed by atoms with Crippen molar-refractivity contribution in [3.05, 3.63) is 29.3 Å². The van der Waals surface area contributed by atoms with E-state index in [0.29, 0.717) is 26.1 Å². The van der Waals surface area contributed by atoms with Gasteiger partial charge in [0.15, 0.2) is 0 Å². The number of methoxy groups -OCH3 is 1. The second-order valence-corrected chi connectivity index (χ2v) is 4.75. The number of aromatic carboxylic acids is 1. The van der Waals surface area contributed by atoms with Crippen LogP contribution in [0, 0.1) is 0 Å². The van der Waals surface area contributed by atoms with Crippen LogP contribution in [0.2, 0.25) is 0 Å². The standard InChI is InChI=1S/C14H18N2O4/c1-15(7-8-20-2)14(19)16-6-5-10-9-11(13(17)18)3-4-12(10)16/h3-4,9H,5-8H2,1-2H3,(H,17,18). The van der Waals surface area contributed by atoms with E-state index in [1.165, 1.54) is 6.07 Å². The fraction of sp³-hybridized carbons (Fsp3) is 0.429. The number of rotatable bonds is 4. The maximum absolute atomic E-state index is 12.3. The lowest BCUT2D eigenvalue weighted by molar-refractivity contribution is 0.0697. The van der Waals surface area contributed by atoms with Gasteiger partial charge in [-0.25, -0.2) is 9.59 Å². The molecule has 20 heavy (non-hydrogen) atoms. The molecule has 1 aliphatic rings. The van der Waals surface area contributed by atoms with E-state index in [9.17, 15) is 9.59 Å². The molecule has 1 aromatic rings. The van der Waals surface area contributed by atoms with Gasteiger partial charge in [-0.15, -0.1) is 0 Å². The lowest BCUT2D eigenvalue weighted by Crippen LogP contribution is -2.41. The fourth-order valence-electron chi connectivity index (χ4n) is 2.26. The summed E-state index contributed by atoms with van der Waals surface area (Å²) in [5, 5.41) is 8.97. The van der Waals surface area contributed by atoms with Crippen molar-refractivity contribution >= 4 is 17.7 Å². The number of ether oxygens (including phenoxy) is 1. The van der Waals surface area contributed by atoms with E-state index in [-0.39, 0.29) is 11.6 Å². The molecule has 6 nitrogen and oxygen atoms in total. The predicted molar refractivity (Wildman–Crippen MR) is 74.4 cm³/mol. The van der Waals surface area contributed by atoms with Gasteiger partial charge in [-0.2, -0.15) is 0 Å². The van der Waals surface area contributed by atoms with Crippen molar-refractivity contribution in [3.8, 4) is 0 Å². The van der Waals surface area contributed by atoms with Crippen LogP contribution in [0.15, 0.2) is 18.2 Å². The molecule has 0 saturated heterocycles. The molecule has 0 saturated carbocycles. The quantitative estimate of drug-likeness (QED) is 0.905. The second kappa shape index (κ2) is 5.92. The van der Waals surface area contributed by atoms with E-state index in [2.05, 4.69) is 0 Å². The number of carboxylic acids is 1. The Labute approximate surface area is 117 Å². The zero-order valence-electron chi connectivity index (χ0n) is 11.6. The SMILES string of the molecule is COCCN(C)C(=O)N1CCc2cc(C(=O)O)ccc21. The number of fused-ring (bicyclic) bond motifs is 1. The summed E-state index contributed by atoms with van der Waals surface area (Å²) >= 11 is 0. The van der Waals surface area contributed by atoms with Crippen LogP contribution >= 0.6 is 0 Å². The molecule has 0 aliphatic carbocycles. The molecule has 0 unspecified atom stereocenters. The lowest BCUT2D eigenvalue weighted by atomic mass is 10.1. The van der Waals surface area contributed by atoms with E-state index >= 15 is 0 Å². The largest absolute Gasteiger partial charge is 0.478 e. The van der Waals surface area contributed by atoms with Gasteiger partial charge in [-0.3, -0.25) is 4.90 Å². The Morgan fingerprint density at radius 3 is 2.85 bits per heavy atom. The number of benzene rings is 1. The van der Waals surface area contributed by atoms with Gasteiger partial charge < -0.3 is 14.7 Å². The Bertz CT molecular complexity index is 530. The molecule has 0 fully saturated rings. The summed E-state index contributed by atoms with van der Waals surface area (Å²) < 4.78 is 4.96. The molecule has 2 amide bonds. The normalized spacial score (nSPS) is 13.2. The summed E-state index contributed by atoms with van der Waals surface area (Å²) in [5.41, 5.74) is 1.95. The third-order valence-corrected chi connectivity index (χ3v) is 3.41. The highest BCUT2D eigenvalue weighted by molar-refractivity contribution is 5.95. The van der Waals surface area contributed by atoms with Gasteiger partial charge in [-0.05, 0) is 30.2 Å². The Morgan fingerprint density at radius 2 is 2.20 bits per heavy atom. The zero-order chi connectivity index (χ0) is 14.7. The molecule has 108 valence electrons. The van der Waals surface area contributed by atoms with Crippen molar-refractivity contribution in [1.29, 1.82) is 0 Å². The van der Waals surface area contributed by atoms with Crippen molar-refractivity contribution < 1.29 is 19.4 Å². The minimum absolute atomic E-state index is 0.0936. The van der Waals surface area contributed by atoms with Gasteiger partial charge in [0.2, 0.25) is 0 Å². The van der Waals surface area contributed by atoms with Gasteiger partial charge >= 0.3 is 12.0 Å². The second-order valence-electron chi connectivity index (χ2n) is 4.75. The molecule has 1 N–H and O–H groups in total. The highest BCUT2D eigenvalue weighted by Crippen LogP contribution is 2.29. The lowest BCUT2D eigenvalue weighted by Gasteiger charge is -2.25.